The van der Waals surface area contributed by atoms with Gasteiger partial charge in [0.1, 0.15) is 12.4 Å². The third-order valence-corrected chi connectivity index (χ3v) is 7.28. The first kappa shape index (κ1) is 25.9. The van der Waals surface area contributed by atoms with E-state index in [0.29, 0.717) is 45.8 Å². The number of hydrogen-bond donors (Lipinski definition) is 0. The van der Waals surface area contributed by atoms with Crippen molar-refractivity contribution >= 4 is 11.8 Å². The molecule has 0 unspecified atom stereocenters. The van der Waals surface area contributed by atoms with Crippen molar-refractivity contribution in [2.24, 2.45) is 11.8 Å². The summed E-state index contributed by atoms with van der Waals surface area (Å²) >= 11 is 0. The molecule has 7 nitrogen and oxygen atoms in total. The zero-order valence-electron chi connectivity index (χ0n) is 21.5. The Balaban J connectivity index is 1.56. The van der Waals surface area contributed by atoms with Gasteiger partial charge in [-0.25, -0.2) is 0 Å². The first-order chi connectivity index (χ1) is 17.6. The number of aromatic nitrogens is 1. The molecule has 0 spiro atoms. The molecule has 4 rings (SSSR count). The summed E-state index contributed by atoms with van der Waals surface area (Å²) in [5.41, 5.74) is 2.13. The Morgan fingerprint density at radius 3 is 2.75 bits per heavy atom. The van der Waals surface area contributed by atoms with E-state index in [1.54, 1.807) is 6.20 Å². The van der Waals surface area contributed by atoms with Crippen LogP contribution in [0.5, 0.6) is 5.75 Å². The van der Waals surface area contributed by atoms with Gasteiger partial charge in [-0.2, -0.15) is 0 Å². The van der Waals surface area contributed by atoms with Crippen molar-refractivity contribution in [3.63, 3.8) is 0 Å². The van der Waals surface area contributed by atoms with E-state index in [-0.39, 0.29) is 23.7 Å². The monoisotopic (exact) mass is 490 g/mol. The standard InChI is InChI=1S/C29H38N4O3/c1-3-32(4-2)28(34)17-24-13-15-33-21-25(24)11-8-16-36-27-12-6-5-10-26(27)20-31(22-29(33)35)19-23-9-7-14-30-18-23/h5-12,14,18,24-25H,3-4,13,15-17,19-22H2,1-2H3/b11-8-/t24-,25-/m0/s1. The number of hydrogen-bond acceptors (Lipinski definition) is 5. The minimum absolute atomic E-state index is 0.128. The Hall–Kier alpha value is -3.19. The summed E-state index contributed by atoms with van der Waals surface area (Å²) in [7, 11) is 0. The molecule has 0 N–H and O–H groups in total. The van der Waals surface area contributed by atoms with Crippen LogP contribution in [0.4, 0.5) is 0 Å². The Labute approximate surface area is 214 Å². The Morgan fingerprint density at radius 1 is 1.14 bits per heavy atom. The highest BCUT2D eigenvalue weighted by Gasteiger charge is 2.32. The van der Waals surface area contributed by atoms with Gasteiger partial charge in [0.2, 0.25) is 11.8 Å². The number of carbonyl (C=O) groups is 2. The van der Waals surface area contributed by atoms with Crippen molar-refractivity contribution in [1.29, 1.82) is 0 Å². The van der Waals surface area contributed by atoms with E-state index in [1.807, 2.05) is 60.2 Å². The number of rotatable bonds is 6. The van der Waals surface area contributed by atoms with Crippen molar-refractivity contribution in [3.05, 3.63) is 72.1 Å². The van der Waals surface area contributed by atoms with Crippen LogP contribution in [0.25, 0.3) is 0 Å². The quantitative estimate of drug-likeness (QED) is 0.577. The van der Waals surface area contributed by atoms with Crippen LogP contribution in [0.1, 0.15) is 37.8 Å². The topological polar surface area (TPSA) is 66.0 Å². The van der Waals surface area contributed by atoms with Crippen molar-refractivity contribution in [3.8, 4) is 5.75 Å². The number of benzene rings is 1. The van der Waals surface area contributed by atoms with Crippen molar-refractivity contribution < 1.29 is 14.3 Å². The minimum atomic E-state index is 0.128. The van der Waals surface area contributed by atoms with Gasteiger partial charge in [0.15, 0.2) is 0 Å². The second-order valence-corrected chi connectivity index (χ2v) is 9.68. The summed E-state index contributed by atoms with van der Waals surface area (Å²) in [6.07, 6.45) is 9.18. The van der Waals surface area contributed by atoms with Crippen molar-refractivity contribution in [2.45, 2.75) is 39.8 Å². The number of para-hydroxylation sites is 1. The third-order valence-electron chi connectivity index (χ3n) is 7.28. The van der Waals surface area contributed by atoms with Crippen LogP contribution in [0.3, 0.4) is 0 Å². The third kappa shape index (κ3) is 6.72. The predicted octanol–water partition coefficient (Wildman–Crippen LogP) is 3.76. The van der Waals surface area contributed by atoms with Gasteiger partial charge in [0, 0.05) is 63.6 Å². The van der Waals surface area contributed by atoms with Gasteiger partial charge in [-0.1, -0.05) is 36.4 Å². The molecule has 2 amide bonds. The summed E-state index contributed by atoms with van der Waals surface area (Å²) in [6, 6.07) is 12.0. The van der Waals surface area contributed by atoms with Crippen LogP contribution >= 0.6 is 0 Å². The van der Waals surface area contributed by atoms with Gasteiger partial charge >= 0.3 is 0 Å². The highest BCUT2D eigenvalue weighted by atomic mass is 16.5. The Morgan fingerprint density at radius 2 is 1.97 bits per heavy atom. The van der Waals surface area contributed by atoms with E-state index in [1.165, 1.54) is 0 Å². The lowest BCUT2D eigenvalue weighted by molar-refractivity contribution is -0.136. The van der Waals surface area contributed by atoms with Crippen LogP contribution in [-0.2, 0) is 22.7 Å². The fourth-order valence-electron chi connectivity index (χ4n) is 5.25. The number of amides is 2. The van der Waals surface area contributed by atoms with Gasteiger partial charge < -0.3 is 14.5 Å². The second-order valence-electron chi connectivity index (χ2n) is 9.68. The Kier molecular flexibility index (Phi) is 9.11. The molecule has 2 aliphatic rings. The molecular weight excluding hydrogens is 452 g/mol. The lowest BCUT2D eigenvalue weighted by Gasteiger charge is -2.38. The van der Waals surface area contributed by atoms with Crippen LogP contribution < -0.4 is 4.74 Å². The molecule has 2 atom stereocenters. The van der Waals surface area contributed by atoms with Crippen LogP contribution in [0, 0.1) is 11.8 Å². The number of ether oxygens (including phenoxy) is 1. The molecule has 1 fully saturated rings. The maximum absolute atomic E-state index is 13.5. The number of carbonyl (C=O) groups excluding carboxylic acids is 2. The van der Waals surface area contributed by atoms with Crippen molar-refractivity contribution in [1.82, 2.24) is 19.7 Å². The molecule has 7 heteroatoms. The predicted molar refractivity (Wildman–Crippen MR) is 140 cm³/mol. The molecule has 2 bridgehead atoms. The van der Waals surface area contributed by atoms with E-state index in [4.69, 9.17) is 4.74 Å². The maximum Gasteiger partial charge on any atom is 0.236 e. The lowest BCUT2D eigenvalue weighted by Crippen LogP contribution is -2.48. The molecule has 1 saturated heterocycles. The molecule has 3 heterocycles. The normalized spacial score (nSPS) is 21.8. The average molecular weight is 491 g/mol. The van der Waals surface area contributed by atoms with E-state index in [0.717, 1.165) is 36.4 Å². The van der Waals surface area contributed by atoms with Crippen LogP contribution in [0.2, 0.25) is 0 Å². The highest BCUT2D eigenvalue weighted by Crippen LogP contribution is 2.29. The summed E-state index contributed by atoms with van der Waals surface area (Å²) in [5, 5.41) is 0. The Bertz CT molecular complexity index is 1040. The molecular formula is C29H38N4O3. The van der Waals surface area contributed by atoms with E-state index >= 15 is 0 Å². The molecule has 2 aromatic rings. The molecule has 0 aliphatic carbocycles. The van der Waals surface area contributed by atoms with Crippen molar-refractivity contribution in [2.75, 3.05) is 39.3 Å². The summed E-state index contributed by atoms with van der Waals surface area (Å²) in [4.78, 5) is 36.7. The average Bonchev–Trinajstić information content (AvgIpc) is 2.89. The van der Waals surface area contributed by atoms with Crippen LogP contribution in [0.15, 0.2) is 60.9 Å². The first-order valence-electron chi connectivity index (χ1n) is 13.1. The SMILES string of the molecule is CCN(CC)C(=O)C[C@@H]1CCN2C[C@@H]1/C=C\COc1ccccc1CN(Cc1cccnc1)CC2=O. The lowest BCUT2D eigenvalue weighted by atomic mass is 9.82. The second kappa shape index (κ2) is 12.7. The van der Waals surface area contributed by atoms with E-state index in [9.17, 15) is 9.59 Å². The molecule has 2 aliphatic heterocycles. The largest absolute Gasteiger partial charge is 0.489 e. The molecule has 192 valence electrons. The van der Waals surface area contributed by atoms with Gasteiger partial charge in [-0.3, -0.25) is 19.5 Å². The highest BCUT2D eigenvalue weighted by molar-refractivity contribution is 5.79. The van der Waals surface area contributed by atoms with Gasteiger partial charge in [-0.15, -0.1) is 0 Å². The summed E-state index contributed by atoms with van der Waals surface area (Å²) in [6.45, 7) is 8.85. The van der Waals surface area contributed by atoms with E-state index in [2.05, 4.69) is 28.1 Å². The number of fused-ring (bicyclic) bond motifs is 3. The van der Waals surface area contributed by atoms with E-state index < -0.39 is 0 Å². The number of pyridine rings is 1. The minimum Gasteiger partial charge on any atom is -0.489 e. The summed E-state index contributed by atoms with van der Waals surface area (Å²) < 4.78 is 6.15. The zero-order valence-corrected chi connectivity index (χ0v) is 21.5. The molecule has 36 heavy (non-hydrogen) atoms. The maximum atomic E-state index is 13.5. The first-order valence-corrected chi connectivity index (χ1v) is 13.1. The zero-order chi connectivity index (χ0) is 25.3. The molecule has 0 saturated carbocycles. The fourth-order valence-corrected chi connectivity index (χ4v) is 5.25. The van der Waals surface area contributed by atoms with Crippen LogP contribution in [-0.4, -0.2) is 70.8 Å². The smallest absolute Gasteiger partial charge is 0.236 e. The van der Waals surface area contributed by atoms with Gasteiger partial charge in [-0.05, 0) is 49.8 Å². The van der Waals surface area contributed by atoms with Gasteiger partial charge in [0.05, 0.1) is 6.54 Å². The molecule has 1 aromatic heterocycles. The number of nitrogens with zero attached hydrogens (tertiary/aromatic N) is 4. The molecule has 0 radical (unpaired) electrons. The summed E-state index contributed by atoms with van der Waals surface area (Å²) in [5.74, 6) is 1.52. The molecule has 1 aromatic carbocycles. The van der Waals surface area contributed by atoms with Gasteiger partial charge in [0.25, 0.3) is 0 Å². The fraction of sp³-hybridized carbons (Fsp3) is 0.483. The number of piperidine rings is 1.